The highest BCUT2D eigenvalue weighted by Crippen LogP contribution is 2.33. The zero-order valence-corrected chi connectivity index (χ0v) is 18.1. The lowest BCUT2D eigenvalue weighted by Crippen LogP contribution is -2.36. The fourth-order valence-corrected chi connectivity index (χ4v) is 4.81. The Morgan fingerprint density at radius 1 is 1.20 bits per heavy atom. The third-order valence-corrected chi connectivity index (χ3v) is 6.29. The number of nitrogens with zero attached hydrogens (tertiary/aromatic N) is 1. The summed E-state index contributed by atoms with van der Waals surface area (Å²) in [6.07, 6.45) is 2.55. The number of amides is 1. The Labute approximate surface area is 178 Å². The SMILES string of the molecule is Cc1ccc(CN(Cc2ccco2)C(=O)c2cc3c([nH]c2=O)CC(C)(C)CC3=O)s1. The first kappa shape index (κ1) is 20.3. The fourth-order valence-electron chi connectivity index (χ4n) is 3.91. The molecule has 6 nitrogen and oxygen atoms in total. The van der Waals surface area contributed by atoms with Gasteiger partial charge in [0.1, 0.15) is 11.3 Å². The van der Waals surface area contributed by atoms with E-state index in [0.29, 0.717) is 36.4 Å². The van der Waals surface area contributed by atoms with Gasteiger partial charge in [0.25, 0.3) is 11.5 Å². The number of carbonyl (C=O) groups excluding carboxylic acids is 2. The normalized spacial score (nSPS) is 15.1. The minimum absolute atomic E-state index is 0.0124. The highest BCUT2D eigenvalue weighted by Gasteiger charge is 2.33. The summed E-state index contributed by atoms with van der Waals surface area (Å²) in [6.45, 7) is 6.60. The van der Waals surface area contributed by atoms with Gasteiger partial charge in [0.05, 0.1) is 19.4 Å². The van der Waals surface area contributed by atoms with Crippen molar-refractivity contribution in [2.75, 3.05) is 0 Å². The van der Waals surface area contributed by atoms with Crippen LogP contribution in [-0.2, 0) is 19.5 Å². The largest absolute Gasteiger partial charge is 0.467 e. The van der Waals surface area contributed by atoms with E-state index in [9.17, 15) is 14.4 Å². The van der Waals surface area contributed by atoms with Crippen molar-refractivity contribution in [1.29, 1.82) is 0 Å². The van der Waals surface area contributed by atoms with E-state index in [1.165, 1.54) is 6.07 Å². The quantitative estimate of drug-likeness (QED) is 0.661. The topological polar surface area (TPSA) is 83.4 Å². The first-order chi connectivity index (χ1) is 14.2. The van der Waals surface area contributed by atoms with Crippen LogP contribution in [0.2, 0.25) is 0 Å². The lowest BCUT2D eigenvalue weighted by molar-refractivity contribution is 0.0717. The van der Waals surface area contributed by atoms with E-state index in [2.05, 4.69) is 4.98 Å². The summed E-state index contributed by atoms with van der Waals surface area (Å²) in [7, 11) is 0. The Morgan fingerprint density at radius 3 is 2.67 bits per heavy atom. The van der Waals surface area contributed by atoms with Crippen LogP contribution in [0.5, 0.6) is 0 Å². The van der Waals surface area contributed by atoms with Crippen LogP contribution >= 0.6 is 11.3 Å². The lowest BCUT2D eigenvalue weighted by Gasteiger charge is -2.30. The van der Waals surface area contributed by atoms with Crippen LogP contribution < -0.4 is 5.56 Å². The van der Waals surface area contributed by atoms with Crippen molar-refractivity contribution in [3.05, 3.63) is 79.3 Å². The number of nitrogens with one attached hydrogen (secondary N) is 1. The van der Waals surface area contributed by atoms with Crippen molar-refractivity contribution in [3.8, 4) is 0 Å². The summed E-state index contributed by atoms with van der Waals surface area (Å²) in [4.78, 5) is 45.3. The number of aromatic nitrogens is 1. The van der Waals surface area contributed by atoms with E-state index >= 15 is 0 Å². The van der Waals surface area contributed by atoms with Gasteiger partial charge in [-0.05, 0) is 49.1 Å². The second-order valence-electron chi connectivity index (χ2n) is 8.60. The Kier molecular flexibility index (Phi) is 5.24. The van der Waals surface area contributed by atoms with Gasteiger partial charge in [-0.1, -0.05) is 13.8 Å². The fraction of sp³-hybridized carbons (Fsp3) is 0.348. The number of thiophene rings is 1. The number of fused-ring (bicyclic) bond motifs is 1. The third kappa shape index (κ3) is 4.16. The molecule has 156 valence electrons. The molecule has 1 aliphatic rings. The summed E-state index contributed by atoms with van der Waals surface area (Å²) >= 11 is 1.60. The zero-order valence-electron chi connectivity index (χ0n) is 17.3. The molecule has 1 N–H and O–H groups in total. The lowest BCUT2D eigenvalue weighted by atomic mass is 9.75. The van der Waals surface area contributed by atoms with Crippen LogP contribution in [0.1, 0.15) is 62.2 Å². The first-order valence-electron chi connectivity index (χ1n) is 9.88. The number of H-pyrrole nitrogens is 1. The van der Waals surface area contributed by atoms with E-state index in [1.54, 1.807) is 34.6 Å². The molecule has 0 spiro atoms. The number of carbonyl (C=O) groups is 2. The molecule has 0 aliphatic heterocycles. The minimum Gasteiger partial charge on any atom is -0.467 e. The average molecular weight is 425 g/mol. The molecule has 0 saturated carbocycles. The van der Waals surface area contributed by atoms with Crippen LogP contribution in [0, 0.1) is 12.3 Å². The molecule has 30 heavy (non-hydrogen) atoms. The highest BCUT2D eigenvalue weighted by atomic mass is 32.1. The minimum atomic E-state index is -0.462. The third-order valence-electron chi connectivity index (χ3n) is 5.30. The standard InChI is InChI=1S/C23H24N2O4S/c1-14-6-7-16(30-14)13-25(12-15-5-4-8-29-15)22(28)18-9-17-19(24-21(18)27)10-23(2,3)11-20(17)26/h4-9H,10-13H2,1-3H3,(H,24,27). The molecule has 1 aliphatic carbocycles. The molecule has 7 heteroatoms. The van der Waals surface area contributed by atoms with Gasteiger partial charge in [0.2, 0.25) is 0 Å². The maximum Gasteiger partial charge on any atom is 0.261 e. The van der Waals surface area contributed by atoms with Gasteiger partial charge in [-0.25, -0.2) is 0 Å². The molecule has 3 heterocycles. The van der Waals surface area contributed by atoms with Gasteiger partial charge in [0.15, 0.2) is 5.78 Å². The molecular weight excluding hydrogens is 400 g/mol. The van der Waals surface area contributed by atoms with Crippen LogP contribution in [0.25, 0.3) is 0 Å². The Hall–Kier alpha value is -2.93. The number of aryl methyl sites for hydroxylation is 1. The van der Waals surface area contributed by atoms with Crippen molar-refractivity contribution in [3.63, 3.8) is 0 Å². The predicted octanol–water partition coefficient (Wildman–Crippen LogP) is 4.34. The molecule has 3 aromatic rings. The van der Waals surface area contributed by atoms with Gasteiger partial charge in [-0.15, -0.1) is 11.3 Å². The predicted molar refractivity (Wildman–Crippen MR) is 115 cm³/mol. The number of hydrogen-bond acceptors (Lipinski definition) is 5. The number of aromatic amines is 1. The van der Waals surface area contributed by atoms with Gasteiger partial charge in [0, 0.05) is 27.4 Å². The van der Waals surface area contributed by atoms with Crippen LogP contribution in [0.3, 0.4) is 0 Å². The van der Waals surface area contributed by atoms with E-state index < -0.39 is 11.5 Å². The summed E-state index contributed by atoms with van der Waals surface area (Å²) in [5, 5.41) is 0. The highest BCUT2D eigenvalue weighted by molar-refractivity contribution is 7.11. The number of furan rings is 1. The van der Waals surface area contributed by atoms with Crippen LogP contribution in [0.4, 0.5) is 0 Å². The van der Waals surface area contributed by atoms with E-state index in [1.807, 2.05) is 32.9 Å². The smallest absolute Gasteiger partial charge is 0.261 e. The number of Topliss-reactive ketones (excluding diaryl/α,β-unsaturated/α-hetero) is 1. The Bertz CT molecular complexity index is 1150. The van der Waals surface area contributed by atoms with Crippen LogP contribution in [0.15, 0.2) is 45.8 Å². The number of ketones is 1. The molecule has 4 rings (SSSR count). The Morgan fingerprint density at radius 2 is 2.00 bits per heavy atom. The van der Waals surface area contributed by atoms with Crippen molar-refractivity contribution in [2.24, 2.45) is 5.41 Å². The first-order valence-corrected chi connectivity index (χ1v) is 10.7. The summed E-state index contributed by atoms with van der Waals surface area (Å²) in [5.74, 6) is 0.168. The second-order valence-corrected chi connectivity index (χ2v) is 9.97. The summed E-state index contributed by atoms with van der Waals surface area (Å²) in [5.41, 5.74) is 0.380. The van der Waals surface area contributed by atoms with E-state index in [-0.39, 0.29) is 23.3 Å². The maximum absolute atomic E-state index is 13.4. The molecule has 0 bridgehead atoms. The van der Waals surface area contributed by atoms with E-state index in [4.69, 9.17) is 4.42 Å². The van der Waals surface area contributed by atoms with Gasteiger partial charge in [-0.3, -0.25) is 14.4 Å². The van der Waals surface area contributed by atoms with Crippen molar-refractivity contribution in [1.82, 2.24) is 9.88 Å². The second kappa shape index (κ2) is 7.72. The summed E-state index contributed by atoms with van der Waals surface area (Å²) in [6, 6.07) is 9.01. The summed E-state index contributed by atoms with van der Waals surface area (Å²) < 4.78 is 5.42. The molecule has 0 radical (unpaired) electrons. The van der Waals surface area contributed by atoms with Gasteiger partial charge < -0.3 is 14.3 Å². The zero-order chi connectivity index (χ0) is 21.5. The van der Waals surface area contributed by atoms with Crippen molar-refractivity contribution < 1.29 is 14.0 Å². The maximum atomic E-state index is 13.4. The average Bonchev–Trinajstić information content (AvgIpc) is 3.31. The number of pyridine rings is 1. The molecule has 0 atom stereocenters. The molecule has 0 aromatic carbocycles. The molecule has 0 saturated heterocycles. The number of rotatable bonds is 5. The van der Waals surface area contributed by atoms with Crippen molar-refractivity contribution >= 4 is 23.0 Å². The van der Waals surface area contributed by atoms with Gasteiger partial charge in [-0.2, -0.15) is 0 Å². The monoisotopic (exact) mass is 424 g/mol. The van der Waals surface area contributed by atoms with Crippen LogP contribution in [-0.4, -0.2) is 21.6 Å². The molecule has 1 amide bonds. The number of hydrogen-bond donors (Lipinski definition) is 1. The van der Waals surface area contributed by atoms with Crippen molar-refractivity contribution in [2.45, 2.75) is 46.7 Å². The van der Waals surface area contributed by atoms with E-state index in [0.717, 1.165) is 9.75 Å². The molecule has 0 fully saturated rings. The molecular formula is C23H24N2O4S. The molecule has 3 aromatic heterocycles. The van der Waals surface area contributed by atoms with Gasteiger partial charge >= 0.3 is 0 Å². The molecule has 0 unspecified atom stereocenters. The Balaban J connectivity index is 1.69.